The minimum absolute atomic E-state index is 0.133. The maximum absolute atomic E-state index is 11.7. The summed E-state index contributed by atoms with van der Waals surface area (Å²) in [5, 5.41) is 0.969. The lowest BCUT2D eigenvalue weighted by atomic mass is 10.1. The van der Waals surface area contributed by atoms with Gasteiger partial charge in [0, 0.05) is 17.1 Å². The second kappa shape index (κ2) is 4.39. The number of aromatic amines is 1. The Morgan fingerprint density at radius 1 is 1.32 bits per heavy atom. The van der Waals surface area contributed by atoms with E-state index in [2.05, 4.69) is 9.97 Å². The van der Waals surface area contributed by atoms with E-state index in [0.29, 0.717) is 5.82 Å². The molecule has 4 nitrogen and oxygen atoms in total. The highest BCUT2D eigenvalue weighted by atomic mass is 16.3. The number of hydrogen-bond donors (Lipinski definition) is 1. The number of furan rings is 1. The van der Waals surface area contributed by atoms with Gasteiger partial charge in [0.1, 0.15) is 17.2 Å². The molecule has 96 valence electrons. The van der Waals surface area contributed by atoms with Gasteiger partial charge >= 0.3 is 0 Å². The largest absolute Gasteiger partial charge is 0.461 e. The van der Waals surface area contributed by atoms with Crippen LogP contribution in [0.15, 0.2) is 39.5 Å². The summed E-state index contributed by atoms with van der Waals surface area (Å²) >= 11 is 0. The van der Waals surface area contributed by atoms with Gasteiger partial charge in [0.05, 0.1) is 5.56 Å². The van der Waals surface area contributed by atoms with Crippen LogP contribution in [0, 0.1) is 6.92 Å². The number of hydrogen-bond acceptors (Lipinski definition) is 3. The van der Waals surface area contributed by atoms with Gasteiger partial charge in [-0.3, -0.25) is 4.79 Å². The van der Waals surface area contributed by atoms with Crippen molar-refractivity contribution in [3.8, 4) is 11.4 Å². The molecule has 2 heterocycles. The monoisotopic (exact) mass is 254 g/mol. The minimum atomic E-state index is -0.133. The lowest BCUT2D eigenvalue weighted by Gasteiger charge is -2.02. The molecule has 19 heavy (non-hydrogen) atoms. The van der Waals surface area contributed by atoms with Crippen LogP contribution in [0.25, 0.3) is 22.4 Å². The molecule has 0 spiro atoms. The van der Waals surface area contributed by atoms with E-state index in [1.807, 2.05) is 38.1 Å². The average molecular weight is 254 g/mol. The Hall–Kier alpha value is -2.36. The van der Waals surface area contributed by atoms with Crippen LogP contribution in [-0.4, -0.2) is 9.97 Å². The predicted octanol–water partition coefficient (Wildman–Crippen LogP) is 3.05. The standard InChI is InChI=1S/C15H14N2O2/c1-3-10-8-13(18)17-15(16-10)14-9(2)19-12-7-5-4-6-11(12)14/h4-8H,3H2,1-2H3,(H,16,17,18). The highest BCUT2D eigenvalue weighted by Gasteiger charge is 2.15. The Morgan fingerprint density at radius 2 is 2.11 bits per heavy atom. The van der Waals surface area contributed by atoms with Crippen molar-refractivity contribution in [2.75, 3.05) is 0 Å². The molecule has 4 heteroatoms. The van der Waals surface area contributed by atoms with Crippen molar-refractivity contribution in [1.29, 1.82) is 0 Å². The van der Waals surface area contributed by atoms with Crippen LogP contribution in [0.2, 0.25) is 0 Å². The maximum Gasteiger partial charge on any atom is 0.251 e. The lowest BCUT2D eigenvalue weighted by Crippen LogP contribution is -2.10. The molecule has 2 aromatic heterocycles. The number of rotatable bonds is 2. The van der Waals surface area contributed by atoms with Gasteiger partial charge in [-0.1, -0.05) is 25.1 Å². The fourth-order valence-electron chi connectivity index (χ4n) is 2.27. The number of benzene rings is 1. The molecule has 0 saturated carbocycles. The predicted molar refractivity (Wildman–Crippen MR) is 74.2 cm³/mol. The summed E-state index contributed by atoms with van der Waals surface area (Å²) in [6.45, 7) is 3.86. The van der Waals surface area contributed by atoms with Crippen molar-refractivity contribution in [3.63, 3.8) is 0 Å². The zero-order valence-electron chi connectivity index (χ0n) is 10.9. The van der Waals surface area contributed by atoms with E-state index in [9.17, 15) is 4.79 Å². The average Bonchev–Trinajstić information content (AvgIpc) is 2.73. The Balaban J connectivity index is 2.32. The fraction of sp³-hybridized carbons (Fsp3) is 0.200. The van der Waals surface area contributed by atoms with Gasteiger partial charge in [0.2, 0.25) is 0 Å². The van der Waals surface area contributed by atoms with E-state index in [1.54, 1.807) is 0 Å². The molecule has 0 fully saturated rings. The molecule has 0 aliphatic carbocycles. The Morgan fingerprint density at radius 3 is 2.89 bits per heavy atom. The third-order valence-corrected chi connectivity index (χ3v) is 3.17. The summed E-state index contributed by atoms with van der Waals surface area (Å²) < 4.78 is 5.70. The van der Waals surface area contributed by atoms with E-state index in [0.717, 1.165) is 34.4 Å². The molecular formula is C15H14N2O2. The Bertz CT molecular complexity index is 799. The summed E-state index contributed by atoms with van der Waals surface area (Å²) in [4.78, 5) is 19.0. The molecule has 3 aromatic rings. The third kappa shape index (κ3) is 1.95. The van der Waals surface area contributed by atoms with Crippen molar-refractivity contribution in [2.45, 2.75) is 20.3 Å². The maximum atomic E-state index is 11.7. The number of nitrogens with zero attached hydrogens (tertiary/aromatic N) is 1. The van der Waals surface area contributed by atoms with Crippen molar-refractivity contribution in [3.05, 3.63) is 52.1 Å². The number of H-pyrrole nitrogens is 1. The molecule has 0 unspecified atom stereocenters. The highest BCUT2D eigenvalue weighted by molar-refractivity contribution is 5.93. The molecule has 0 amide bonds. The second-order valence-corrected chi connectivity index (χ2v) is 4.47. The van der Waals surface area contributed by atoms with Crippen LogP contribution in [0.3, 0.4) is 0 Å². The topological polar surface area (TPSA) is 58.9 Å². The fourth-order valence-corrected chi connectivity index (χ4v) is 2.27. The molecule has 0 aliphatic heterocycles. The van der Waals surface area contributed by atoms with Gasteiger partial charge in [-0.2, -0.15) is 0 Å². The molecule has 1 N–H and O–H groups in total. The number of para-hydroxylation sites is 1. The van der Waals surface area contributed by atoms with Crippen LogP contribution in [-0.2, 0) is 6.42 Å². The van der Waals surface area contributed by atoms with Gasteiger partial charge in [-0.05, 0) is 19.4 Å². The van der Waals surface area contributed by atoms with Gasteiger partial charge in [-0.25, -0.2) is 4.98 Å². The third-order valence-electron chi connectivity index (χ3n) is 3.17. The first kappa shape index (κ1) is 11.7. The molecule has 0 saturated heterocycles. The second-order valence-electron chi connectivity index (χ2n) is 4.47. The molecule has 3 rings (SSSR count). The van der Waals surface area contributed by atoms with Crippen LogP contribution in [0.1, 0.15) is 18.4 Å². The summed E-state index contributed by atoms with van der Waals surface area (Å²) in [5.41, 5.74) is 2.32. The van der Waals surface area contributed by atoms with E-state index in [-0.39, 0.29) is 5.56 Å². The highest BCUT2D eigenvalue weighted by Crippen LogP contribution is 2.31. The minimum Gasteiger partial charge on any atom is -0.461 e. The number of nitrogens with one attached hydrogen (secondary N) is 1. The van der Waals surface area contributed by atoms with E-state index < -0.39 is 0 Å². The van der Waals surface area contributed by atoms with E-state index in [4.69, 9.17) is 4.42 Å². The van der Waals surface area contributed by atoms with Crippen LogP contribution in [0.4, 0.5) is 0 Å². The van der Waals surface area contributed by atoms with E-state index >= 15 is 0 Å². The summed E-state index contributed by atoms with van der Waals surface area (Å²) in [5.74, 6) is 1.34. The lowest BCUT2D eigenvalue weighted by molar-refractivity contribution is 0.579. The first-order chi connectivity index (χ1) is 9.19. The van der Waals surface area contributed by atoms with E-state index in [1.165, 1.54) is 6.07 Å². The van der Waals surface area contributed by atoms with Crippen molar-refractivity contribution in [1.82, 2.24) is 9.97 Å². The zero-order chi connectivity index (χ0) is 13.4. The Labute approximate surface area is 110 Å². The van der Waals surface area contributed by atoms with Crippen molar-refractivity contribution >= 4 is 11.0 Å². The summed E-state index contributed by atoms with van der Waals surface area (Å²) in [6, 6.07) is 9.28. The molecule has 0 aliphatic rings. The van der Waals surface area contributed by atoms with Crippen LogP contribution in [0.5, 0.6) is 0 Å². The van der Waals surface area contributed by atoms with Gasteiger partial charge in [0.15, 0.2) is 0 Å². The normalized spacial score (nSPS) is 11.1. The number of aromatic nitrogens is 2. The molecular weight excluding hydrogens is 240 g/mol. The molecule has 1 aromatic carbocycles. The smallest absolute Gasteiger partial charge is 0.251 e. The van der Waals surface area contributed by atoms with Gasteiger partial charge < -0.3 is 9.40 Å². The van der Waals surface area contributed by atoms with Crippen molar-refractivity contribution < 1.29 is 4.42 Å². The van der Waals surface area contributed by atoms with Crippen molar-refractivity contribution in [2.24, 2.45) is 0 Å². The number of fused-ring (bicyclic) bond motifs is 1. The van der Waals surface area contributed by atoms with Crippen LogP contribution >= 0.6 is 0 Å². The number of aryl methyl sites for hydroxylation is 2. The summed E-state index contributed by atoms with van der Waals surface area (Å²) in [7, 11) is 0. The molecule has 0 atom stereocenters. The summed E-state index contributed by atoms with van der Waals surface area (Å²) in [6.07, 6.45) is 0.728. The van der Waals surface area contributed by atoms with Gasteiger partial charge in [-0.15, -0.1) is 0 Å². The first-order valence-corrected chi connectivity index (χ1v) is 6.27. The quantitative estimate of drug-likeness (QED) is 0.764. The first-order valence-electron chi connectivity index (χ1n) is 6.27. The molecule has 0 radical (unpaired) electrons. The van der Waals surface area contributed by atoms with Gasteiger partial charge in [0.25, 0.3) is 5.56 Å². The Kier molecular flexibility index (Phi) is 2.71. The van der Waals surface area contributed by atoms with Crippen LogP contribution < -0.4 is 5.56 Å². The SMILES string of the molecule is CCc1cc(=O)[nH]c(-c2c(C)oc3ccccc23)n1. The molecule has 0 bridgehead atoms. The zero-order valence-corrected chi connectivity index (χ0v) is 10.9.